The van der Waals surface area contributed by atoms with Crippen molar-refractivity contribution >= 4 is 17.7 Å². The highest BCUT2D eigenvalue weighted by Gasteiger charge is 2.26. The van der Waals surface area contributed by atoms with Crippen molar-refractivity contribution in [2.24, 2.45) is 0 Å². The highest BCUT2D eigenvalue weighted by atomic mass is 35.5. The molecule has 0 bridgehead atoms. The van der Waals surface area contributed by atoms with Crippen LogP contribution in [0.15, 0.2) is 0 Å². The van der Waals surface area contributed by atoms with Crippen LogP contribution in [0.2, 0.25) is 0 Å². The summed E-state index contributed by atoms with van der Waals surface area (Å²) in [6.45, 7) is 11.3. The van der Waals surface area contributed by atoms with E-state index in [9.17, 15) is 4.79 Å². The van der Waals surface area contributed by atoms with E-state index in [1.165, 1.54) is 0 Å². The zero-order chi connectivity index (χ0) is 13.0. The monoisotopic (exact) mass is 251 g/mol. The lowest BCUT2D eigenvalue weighted by Gasteiger charge is -2.26. The fourth-order valence-electron chi connectivity index (χ4n) is 0.850. The van der Waals surface area contributed by atoms with Gasteiger partial charge in [-0.3, -0.25) is 4.79 Å². The van der Waals surface area contributed by atoms with Gasteiger partial charge in [-0.25, -0.2) is 4.84 Å². The van der Waals surface area contributed by atoms with E-state index in [1.54, 1.807) is 20.8 Å². The quantitative estimate of drug-likeness (QED) is 0.615. The second-order valence-electron chi connectivity index (χ2n) is 5.62. The van der Waals surface area contributed by atoms with Crippen molar-refractivity contribution in [1.82, 2.24) is 4.84 Å². The molecule has 0 unspecified atom stereocenters. The standard InChI is InChI=1S/C11H22ClNO3/c1-10(2,3)15-7-8(13-12)9(14)16-11(4,5)6/h8,13H,7H2,1-6H3/t8-/m0/s1. The van der Waals surface area contributed by atoms with Crippen molar-refractivity contribution in [2.75, 3.05) is 6.61 Å². The molecule has 0 aromatic carbocycles. The minimum absolute atomic E-state index is 0.182. The Labute approximate surface area is 103 Å². The van der Waals surface area contributed by atoms with Gasteiger partial charge in [0, 0.05) is 0 Å². The molecular formula is C11H22ClNO3. The molecule has 0 fully saturated rings. The van der Waals surface area contributed by atoms with Crippen LogP contribution >= 0.6 is 11.8 Å². The number of hydrogen-bond acceptors (Lipinski definition) is 4. The van der Waals surface area contributed by atoms with Gasteiger partial charge in [-0.2, -0.15) is 0 Å². The molecule has 16 heavy (non-hydrogen) atoms. The van der Waals surface area contributed by atoms with E-state index in [0.717, 1.165) is 0 Å². The van der Waals surface area contributed by atoms with Crippen LogP contribution < -0.4 is 4.84 Å². The molecule has 5 heteroatoms. The zero-order valence-corrected chi connectivity index (χ0v) is 11.6. The Morgan fingerprint density at radius 2 is 1.69 bits per heavy atom. The molecule has 0 rings (SSSR count). The predicted molar refractivity (Wildman–Crippen MR) is 64.3 cm³/mol. The summed E-state index contributed by atoms with van der Waals surface area (Å²) in [6, 6.07) is -0.653. The summed E-state index contributed by atoms with van der Waals surface area (Å²) in [5.74, 6) is -0.410. The maximum absolute atomic E-state index is 11.7. The van der Waals surface area contributed by atoms with Gasteiger partial charge in [0.1, 0.15) is 11.6 Å². The summed E-state index contributed by atoms with van der Waals surface area (Å²) < 4.78 is 10.7. The molecule has 0 heterocycles. The maximum Gasteiger partial charge on any atom is 0.327 e. The smallest absolute Gasteiger partial charge is 0.327 e. The Bertz CT molecular complexity index is 230. The Morgan fingerprint density at radius 3 is 2.00 bits per heavy atom. The highest BCUT2D eigenvalue weighted by Crippen LogP contribution is 2.11. The van der Waals surface area contributed by atoms with Gasteiger partial charge in [-0.05, 0) is 53.3 Å². The molecule has 0 saturated heterocycles. The third-order valence-corrected chi connectivity index (χ3v) is 1.77. The molecule has 0 aliphatic heterocycles. The molecule has 0 spiro atoms. The lowest BCUT2D eigenvalue weighted by atomic mass is 10.2. The molecule has 4 nitrogen and oxygen atoms in total. The third-order valence-electron chi connectivity index (χ3n) is 1.51. The summed E-state index contributed by atoms with van der Waals surface area (Å²) in [5.41, 5.74) is -0.835. The number of rotatable bonds is 4. The van der Waals surface area contributed by atoms with Crippen LogP contribution in [0.3, 0.4) is 0 Å². The molecular weight excluding hydrogens is 230 g/mol. The van der Waals surface area contributed by atoms with Gasteiger partial charge < -0.3 is 9.47 Å². The molecule has 1 atom stereocenters. The number of carbonyl (C=O) groups excluding carboxylic acids is 1. The lowest BCUT2D eigenvalue weighted by Crippen LogP contribution is -2.42. The molecule has 96 valence electrons. The first-order chi connectivity index (χ1) is 7.05. The summed E-state index contributed by atoms with van der Waals surface area (Å²) in [4.78, 5) is 14.0. The highest BCUT2D eigenvalue weighted by molar-refractivity contribution is 6.14. The SMILES string of the molecule is CC(C)(C)OC[C@H](NCl)C(=O)OC(C)(C)C. The summed E-state index contributed by atoms with van der Waals surface area (Å²) in [7, 11) is 0. The zero-order valence-electron chi connectivity index (χ0n) is 10.9. The van der Waals surface area contributed by atoms with Crippen LogP contribution in [0.5, 0.6) is 0 Å². The summed E-state index contributed by atoms with van der Waals surface area (Å²) in [6.07, 6.45) is 0. The Morgan fingerprint density at radius 1 is 1.19 bits per heavy atom. The van der Waals surface area contributed by atoms with Gasteiger partial charge in [0.2, 0.25) is 0 Å². The van der Waals surface area contributed by atoms with E-state index < -0.39 is 17.6 Å². The van der Waals surface area contributed by atoms with Gasteiger partial charge in [-0.1, -0.05) is 0 Å². The van der Waals surface area contributed by atoms with Crippen LogP contribution in [0.4, 0.5) is 0 Å². The molecule has 0 aliphatic rings. The summed E-state index contributed by atoms with van der Waals surface area (Å²) >= 11 is 5.49. The minimum atomic E-state index is -0.653. The summed E-state index contributed by atoms with van der Waals surface area (Å²) in [5, 5.41) is 0. The van der Waals surface area contributed by atoms with Crippen molar-refractivity contribution in [2.45, 2.75) is 58.8 Å². The van der Waals surface area contributed by atoms with Crippen molar-refractivity contribution < 1.29 is 14.3 Å². The predicted octanol–water partition coefficient (Wildman–Crippen LogP) is 2.26. The van der Waals surface area contributed by atoms with Crippen molar-refractivity contribution in [1.29, 1.82) is 0 Å². The average molecular weight is 252 g/mol. The normalized spacial score (nSPS) is 14.7. The van der Waals surface area contributed by atoms with Crippen molar-refractivity contribution in [3.8, 4) is 0 Å². The lowest BCUT2D eigenvalue weighted by molar-refractivity contribution is -0.159. The fourth-order valence-corrected chi connectivity index (χ4v) is 1.00. The first-order valence-electron chi connectivity index (χ1n) is 5.28. The first kappa shape index (κ1) is 15.7. The van der Waals surface area contributed by atoms with Gasteiger partial charge >= 0.3 is 5.97 Å². The molecule has 0 aliphatic carbocycles. The van der Waals surface area contributed by atoms with E-state index in [4.69, 9.17) is 21.3 Å². The van der Waals surface area contributed by atoms with Crippen LogP contribution in [0.1, 0.15) is 41.5 Å². The maximum atomic E-state index is 11.7. The first-order valence-corrected chi connectivity index (χ1v) is 5.66. The number of halogens is 1. The van der Waals surface area contributed by atoms with Crippen LogP contribution in [0.25, 0.3) is 0 Å². The number of nitrogens with one attached hydrogen (secondary N) is 1. The Hall–Kier alpha value is -0.320. The van der Waals surface area contributed by atoms with Gasteiger partial charge in [0.25, 0.3) is 0 Å². The van der Waals surface area contributed by atoms with Crippen molar-refractivity contribution in [3.63, 3.8) is 0 Å². The van der Waals surface area contributed by atoms with E-state index in [-0.39, 0.29) is 12.2 Å². The van der Waals surface area contributed by atoms with Gasteiger partial charge in [-0.15, -0.1) is 0 Å². The van der Waals surface area contributed by atoms with Crippen molar-refractivity contribution in [3.05, 3.63) is 0 Å². The number of esters is 1. The largest absolute Gasteiger partial charge is 0.459 e. The van der Waals surface area contributed by atoms with Crippen LogP contribution in [-0.2, 0) is 14.3 Å². The number of carbonyl (C=O) groups is 1. The minimum Gasteiger partial charge on any atom is -0.459 e. The van der Waals surface area contributed by atoms with Gasteiger partial charge in [0.15, 0.2) is 0 Å². The molecule has 0 amide bonds. The number of hydrogen-bond donors (Lipinski definition) is 1. The molecule has 0 radical (unpaired) electrons. The molecule has 1 N–H and O–H groups in total. The van der Waals surface area contributed by atoms with Crippen LogP contribution in [-0.4, -0.2) is 29.8 Å². The Balaban J connectivity index is 4.23. The van der Waals surface area contributed by atoms with E-state index >= 15 is 0 Å². The topological polar surface area (TPSA) is 47.6 Å². The molecule has 0 aromatic heterocycles. The second-order valence-corrected chi connectivity index (χ2v) is 5.84. The van der Waals surface area contributed by atoms with Crippen LogP contribution in [0, 0.1) is 0 Å². The molecule has 0 saturated carbocycles. The number of ether oxygens (including phenoxy) is 2. The average Bonchev–Trinajstić information content (AvgIpc) is 1.99. The van der Waals surface area contributed by atoms with E-state index in [0.29, 0.717) is 0 Å². The molecule has 0 aromatic rings. The fraction of sp³-hybridized carbons (Fsp3) is 0.909. The third kappa shape index (κ3) is 7.91. The van der Waals surface area contributed by atoms with Gasteiger partial charge in [0.05, 0.1) is 12.2 Å². The second kappa shape index (κ2) is 5.84. The Kier molecular flexibility index (Phi) is 5.73. The van der Waals surface area contributed by atoms with E-state index in [1.807, 2.05) is 20.8 Å². The van der Waals surface area contributed by atoms with E-state index in [2.05, 4.69) is 4.84 Å².